The number of benzene rings is 1. The molecule has 1 aromatic carbocycles. The molecule has 0 unspecified atom stereocenters. The summed E-state index contributed by atoms with van der Waals surface area (Å²) in [4.78, 5) is 23.9. The minimum absolute atomic E-state index is 0.0201. The van der Waals surface area contributed by atoms with Crippen molar-refractivity contribution in [3.05, 3.63) is 42.0 Å². The van der Waals surface area contributed by atoms with Gasteiger partial charge in [-0.1, -0.05) is 37.3 Å². The minimum Gasteiger partial charge on any atom is -0.550 e. The van der Waals surface area contributed by atoms with Crippen LogP contribution in [-0.2, 0) is 16.0 Å². The van der Waals surface area contributed by atoms with Gasteiger partial charge in [0.2, 0.25) is 5.91 Å². The van der Waals surface area contributed by atoms with Gasteiger partial charge in [0.1, 0.15) is 0 Å². The standard InChI is InChI=1S/C17H19NO3/c1-2-10-5-3-4-6-13(10)18-16(19)14-11-7-8-12(9-11)15(14)17(20)21/h3-8,11-12,14-15H,2,9H2,1H3,(H,18,19)(H,20,21)/p-1/t11-,12-,14+,15-/m0/s1. The molecule has 1 fully saturated rings. The fourth-order valence-corrected chi connectivity index (χ4v) is 3.67. The van der Waals surface area contributed by atoms with Gasteiger partial charge < -0.3 is 15.2 Å². The molecule has 1 saturated carbocycles. The van der Waals surface area contributed by atoms with E-state index in [0.717, 1.165) is 24.1 Å². The normalized spacial score (nSPS) is 29.6. The highest BCUT2D eigenvalue weighted by atomic mass is 16.4. The molecule has 4 nitrogen and oxygen atoms in total. The Kier molecular flexibility index (Phi) is 3.53. The number of hydrogen-bond acceptors (Lipinski definition) is 3. The molecule has 110 valence electrons. The summed E-state index contributed by atoms with van der Waals surface area (Å²) in [6, 6.07) is 7.62. The SMILES string of the molecule is CCc1ccccc1NC(=O)[C@H]1[C@@H](C(=O)[O-])[C@H]2C=C[C@H]1C2. The van der Waals surface area contributed by atoms with E-state index in [2.05, 4.69) is 5.32 Å². The Morgan fingerprint density at radius 3 is 2.52 bits per heavy atom. The van der Waals surface area contributed by atoms with Crippen LogP contribution >= 0.6 is 0 Å². The molecule has 1 N–H and O–H groups in total. The molecule has 3 rings (SSSR count). The number of carboxylic acid groups (broad SMARTS) is 1. The first kappa shape index (κ1) is 13.9. The van der Waals surface area contributed by atoms with Crippen molar-refractivity contribution in [1.29, 1.82) is 0 Å². The number of fused-ring (bicyclic) bond motifs is 2. The van der Waals surface area contributed by atoms with E-state index >= 15 is 0 Å². The highest BCUT2D eigenvalue weighted by Crippen LogP contribution is 2.48. The quantitative estimate of drug-likeness (QED) is 0.849. The van der Waals surface area contributed by atoms with Crippen molar-refractivity contribution in [2.45, 2.75) is 19.8 Å². The number of aryl methyl sites for hydroxylation is 1. The molecular weight excluding hydrogens is 266 g/mol. The summed E-state index contributed by atoms with van der Waals surface area (Å²) in [6.45, 7) is 2.02. The molecule has 0 saturated heterocycles. The Labute approximate surface area is 123 Å². The fourth-order valence-electron chi connectivity index (χ4n) is 3.67. The number of carboxylic acids is 1. The molecule has 1 amide bonds. The molecule has 4 heteroatoms. The third-order valence-electron chi connectivity index (χ3n) is 4.69. The Balaban J connectivity index is 1.82. The maximum Gasteiger partial charge on any atom is 0.228 e. The number of rotatable bonds is 4. The molecule has 21 heavy (non-hydrogen) atoms. The van der Waals surface area contributed by atoms with Crippen LogP contribution in [0.2, 0.25) is 0 Å². The summed E-state index contributed by atoms with van der Waals surface area (Å²) in [5.41, 5.74) is 1.82. The lowest BCUT2D eigenvalue weighted by molar-refractivity contribution is -0.313. The lowest BCUT2D eigenvalue weighted by Crippen LogP contribution is -2.43. The van der Waals surface area contributed by atoms with E-state index in [1.807, 2.05) is 43.3 Å². The van der Waals surface area contributed by atoms with Gasteiger partial charge in [0, 0.05) is 17.6 Å². The zero-order valence-corrected chi connectivity index (χ0v) is 11.9. The van der Waals surface area contributed by atoms with Crippen molar-refractivity contribution in [3.8, 4) is 0 Å². The van der Waals surface area contributed by atoms with Crippen LogP contribution in [-0.4, -0.2) is 11.9 Å². The number of amides is 1. The molecule has 1 aromatic rings. The van der Waals surface area contributed by atoms with Crippen molar-refractivity contribution in [1.82, 2.24) is 0 Å². The number of carbonyl (C=O) groups is 2. The molecule has 2 bridgehead atoms. The lowest BCUT2D eigenvalue weighted by Gasteiger charge is -2.28. The first-order valence-corrected chi connectivity index (χ1v) is 7.39. The summed E-state index contributed by atoms with van der Waals surface area (Å²) in [5.74, 6) is -2.58. The summed E-state index contributed by atoms with van der Waals surface area (Å²) < 4.78 is 0. The van der Waals surface area contributed by atoms with Gasteiger partial charge in [0.25, 0.3) is 0 Å². The van der Waals surface area contributed by atoms with Crippen LogP contribution in [0.25, 0.3) is 0 Å². The van der Waals surface area contributed by atoms with E-state index in [0.29, 0.717) is 0 Å². The Bertz CT molecular complexity index is 608. The molecule has 0 heterocycles. The number of allylic oxidation sites excluding steroid dienone is 2. The maximum absolute atomic E-state index is 12.6. The number of anilines is 1. The first-order chi connectivity index (χ1) is 10.1. The summed E-state index contributed by atoms with van der Waals surface area (Å²) in [5, 5.41) is 14.3. The van der Waals surface area contributed by atoms with Crippen LogP contribution in [0.15, 0.2) is 36.4 Å². The number of aliphatic carboxylic acids is 1. The molecule has 2 aliphatic rings. The van der Waals surface area contributed by atoms with Gasteiger partial charge in [-0.3, -0.25) is 4.79 Å². The smallest absolute Gasteiger partial charge is 0.228 e. The molecule has 4 atom stereocenters. The number of para-hydroxylation sites is 1. The molecule has 0 aliphatic heterocycles. The zero-order chi connectivity index (χ0) is 15.0. The van der Waals surface area contributed by atoms with E-state index in [4.69, 9.17) is 0 Å². The largest absolute Gasteiger partial charge is 0.550 e. The molecule has 0 spiro atoms. The summed E-state index contributed by atoms with van der Waals surface area (Å²) >= 11 is 0. The third kappa shape index (κ3) is 2.35. The van der Waals surface area contributed by atoms with E-state index in [-0.39, 0.29) is 17.7 Å². The second-order valence-corrected chi connectivity index (χ2v) is 5.82. The van der Waals surface area contributed by atoms with E-state index in [9.17, 15) is 14.7 Å². The average molecular weight is 284 g/mol. The van der Waals surface area contributed by atoms with Crippen LogP contribution in [0.5, 0.6) is 0 Å². The minimum atomic E-state index is -1.12. The molecular formula is C17H18NO3-. The second-order valence-electron chi connectivity index (χ2n) is 5.82. The highest BCUT2D eigenvalue weighted by molar-refractivity contribution is 5.96. The summed E-state index contributed by atoms with van der Waals surface area (Å²) in [6.07, 6.45) is 5.44. The van der Waals surface area contributed by atoms with Gasteiger partial charge in [-0.05, 0) is 36.3 Å². The predicted molar refractivity (Wildman–Crippen MR) is 77.2 cm³/mol. The number of carbonyl (C=O) groups excluding carboxylic acids is 2. The Morgan fingerprint density at radius 1 is 1.19 bits per heavy atom. The molecule has 2 aliphatic carbocycles. The van der Waals surface area contributed by atoms with Crippen LogP contribution in [0, 0.1) is 23.7 Å². The van der Waals surface area contributed by atoms with Crippen LogP contribution in [0.3, 0.4) is 0 Å². The van der Waals surface area contributed by atoms with Crippen LogP contribution in [0.1, 0.15) is 18.9 Å². The van der Waals surface area contributed by atoms with Gasteiger partial charge in [-0.2, -0.15) is 0 Å². The topological polar surface area (TPSA) is 69.2 Å². The predicted octanol–water partition coefficient (Wildman–Crippen LogP) is 1.38. The van der Waals surface area contributed by atoms with E-state index in [1.165, 1.54) is 0 Å². The zero-order valence-electron chi connectivity index (χ0n) is 11.9. The van der Waals surface area contributed by atoms with Gasteiger partial charge in [-0.15, -0.1) is 0 Å². The van der Waals surface area contributed by atoms with Crippen molar-refractivity contribution in [2.24, 2.45) is 23.7 Å². The lowest BCUT2D eigenvalue weighted by atomic mass is 9.82. The van der Waals surface area contributed by atoms with Gasteiger partial charge >= 0.3 is 0 Å². The van der Waals surface area contributed by atoms with Crippen molar-refractivity contribution < 1.29 is 14.7 Å². The monoisotopic (exact) mass is 284 g/mol. The first-order valence-electron chi connectivity index (χ1n) is 7.39. The van der Waals surface area contributed by atoms with Crippen molar-refractivity contribution in [2.75, 3.05) is 5.32 Å². The van der Waals surface area contributed by atoms with Gasteiger partial charge in [-0.25, -0.2) is 0 Å². The van der Waals surface area contributed by atoms with E-state index in [1.54, 1.807) is 0 Å². The number of hydrogen-bond donors (Lipinski definition) is 1. The highest BCUT2D eigenvalue weighted by Gasteiger charge is 2.48. The fraction of sp³-hybridized carbons (Fsp3) is 0.412. The van der Waals surface area contributed by atoms with Crippen molar-refractivity contribution in [3.63, 3.8) is 0 Å². The molecule has 0 radical (unpaired) electrons. The van der Waals surface area contributed by atoms with Gasteiger partial charge in [0.15, 0.2) is 0 Å². The second kappa shape index (κ2) is 5.35. The summed E-state index contributed by atoms with van der Waals surface area (Å²) in [7, 11) is 0. The van der Waals surface area contributed by atoms with Gasteiger partial charge in [0.05, 0.1) is 5.92 Å². The Morgan fingerprint density at radius 2 is 1.86 bits per heavy atom. The number of nitrogens with one attached hydrogen (secondary N) is 1. The Hall–Kier alpha value is -2.10. The van der Waals surface area contributed by atoms with E-state index < -0.39 is 17.8 Å². The van der Waals surface area contributed by atoms with Crippen molar-refractivity contribution >= 4 is 17.6 Å². The maximum atomic E-state index is 12.6. The third-order valence-corrected chi connectivity index (χ3v) is 4.69. The molecule has 0 aromatic heterocycles. The van der Waals surface area contributed by atoms with Crippen LogP contribution < -0.4 is 10.4 Å². The average Bonchev–Trinajstić information content (AvgIpc) is 3.08. The van der Waals surface area contributed by atoms with Crippen LogP contribution in [0.4, 0.5) is 5.69 Å².